The highest BCUT2D eigenvalue weighted by atomic mass is 16.6. The molecule has 1 aliphatic rings. The van der Waals surface area contributed by atoms with Crippen LogP contribution in [-0.2, 0) is 0 Å². The van der Waals surface area contributed by atoms with Gasteiger partial charge in [-0.2, -0.15) is 0 Å². The van der Waals surface area contributed by atoms with Gasteiger partial charge in [-0.05, 0) is 42.8 Å². The quantitative estimate of drug-likeness (QED) is 0.735. The Kier molecular flexibility index (Phi) is 2.42. The summed E-state index contributed by atoms with van der Waals surface area (Å²) in [7, 11) is 0. The highest BCUT2D eigenvalue weighted by Gasteiger charge is 2.14. The minimum Gasteiger partial charge on any atom is -0.486 e. The lowest BCUT2D eigenvalue weighted by Crippen LogP contribution is -2.15. The molecule has 1 N–H and O–H groups in total. The van der Waals surface area contributed by atoms with E-state index < -0.39 is 0 Å². The van der Waals surface area contributed by atoms with Crippen molar-refractivity contribution in [3.8, 4) is 22.9 Å². The van der Waals surface area contributed by atoms with Crippen molar-refractivity contribution in [1.82, 2.24) is 9.97 Å². The topological polar surface area (TPSA) is 47.1 Å². The SMILES string of the molecule is Cc1ccc2nc(-c3ccc4c(c3)OCCO4)[nH]c2c1. The summed E-state index contributed by atoms with van der Waals surface area (Å²) in [5, 5.41) is 0. The van der Waals surface area contributed by atoms with E-state index in [1.165, 1.54) is 5.56 Å². The maximum absolute atomic E-state index is 5.61. The molecule has 0 bridgehead atoms. The van der Waals surface area contributed by atoms with Gasteiger partial charge in [-0.25, -0.2) is 4.98 Å². The number of aromatic nitrogens is 2. The molecule has 2 heterocycles. The summed E-state index contributed by atoms with van der Waals surface area (Å²) in [5.41, 5.74) is 4.24. The summed E-state index contributed by atoms with van der Waals surface area (Å²) >= 11 is 0. The molecule has 0 atom stereocenters. The number of benzene rings is 2. The molecule has 1 aromatic heterocycles. The number of ether oxygens (including phenoxy) is 2. The smallest absolute Gasteiger partial charge is 0.162 e. The average Bonchev–Trinajstić information content (AvgIpc) is 2.89. The Morgan fingerprint density at radius 3 is 2.75 bits per heavy atom. The van der Waals surface area contributed by atoms with E-state index in [0.717, 1.165) is 33.9 Å². The highest BCUT2D eigenvalue weighted by molar-refractivity contribution is 5.80. The zero-order valence-corrected chi connectivity index (χ0v) is 11.1. The summed E-state index contributed by atoms with van der Waals surface area (Å²) in [5.74, 6) is 2.43. The Hall–Kier alpha value is -2.49. The molecule has 100 valence electrons. The largest absolute Gasteiger partial charge is 0.486 e. The molecule has 0 radical (unpaired) electrons. The van der Waals surface area contributed by atoms with Crippen molar-refractivity contribution in [3.05, 3.63) is 42.0 Å². The van der Waals surface area contributed by atoms with E-state index >= 15 is 0 Å². The molecule has 1 aliphatic heterocycles. The Bertz CT molecular complexity index is 792. The predicted octanol–water partition coefficient (Wildman–Crippen LogP) is 3.31. The van der Waals surface area contributed by atoms with Gasteiger partial charge in [-0.3, -0.25) is 0 Å². The summed E-state index contributed by atoms with van der Waals surface area (Å²) in [6, 6.07) is 12.1. The second-order valence-electron chi connectivity index (χ2n) is 4.96. The first-order valence-corrected chi connectivity index (χ1v) is 6.66. The van der Waals surface area contributed by atoms with Gasteiger partial charge < -0.3 is 14.5 Å². The van der Waals surface area contributed by atoms with Gasteiger partial charge in [0.05, 0.1) is 11.0 Å². The lowest BCUT2D eigenvalue weighted by atomic mass is 10.2. The Labute approximate surface area is 116 Å². The number of aryl methyl sites for hydroxylation is 1. The molecule has 4 heteroatoms. The molecule has 4 nitrogen and oxygen atoms in total. The number of nitrogens with zero attached hydrogens (tertiary/aromatic N) is 1. The van der Waals surface area contributed by atoms with E-state index in [0.29, 0.717) is 13.2 Å². The van der Waals surface area contributed by atoms with Crippen LogP contribution in [0.5, 0.6) is 11.5 Å². The van der Waals surface area contributed by atoms with E-state index in [9.17, 15) is 0 Å². The number of hydrogen-bond acceptors (Lipinski definition) is 3. The van der Waals surface area contributed by atoms with Gasteiger partial charge in [-0.1, -0.05) is 6.07 Å². The maximum Gasteiger partial charge on any atom is 0.162 e. The molecule has 0 saturated heterocycles. The van der Waals surface area contributed by atoms with Gasteiger partial charge in [0, 0.05) is 5.56 Å². The zero-order valence-electron chi connectivity index (χ0n) is 11.1. The standard InChI is InChI=1S/C16H14N2O2/c1-10-2-4-12-13(8-10)18-16(17-12)11-3-5-14-15(9-11)20-7-6-19-14/h2-5,8-9H,6-7H2,1H3,(H,17,18). The van der Waals surface area contributed by atoms with Crippen LogP contribution in [0.1, 0.15) is 5.56 Å². The van der Waals surface area contributed by atoms with E-state index in [1.807, 2.05) is 24.3 Å². The van der Waals surface area contributed by atoms with Crippen LogP contribution >= 0.6 is 0 Å². The fourth-order valence-electron chi connectivity index (χ4n) is 2.45. The van der Waals surface area contributed by atoms with Crippen LogP contribution in [0.15, 0.2) is 36.4 Å². The normalized spacial score (nSPS) is 13.7. The molecule has 0 aliphatic carbocycles. The molecule has 0 fully saturated rings. The molecule has 0 saturated carbocycles. The molecular formula is C16H14N2O2. The van der Waals surface area contributed by atoms with Crippen LogP contribution < -0.4 is 9.47 Å². The molecule has 0 unspecified atom stereocenters. The van der Waals surface area contributed by atoms with Crippen LogP contribution in [0, 0.1) is 6.92 Å². The lowest BCUT2D eigenvalue weighted by molar-refractivity contribution is 0.171. The van der Waals surface area contributed by atoms with Gasteiger partial charge in [0.25, 0.3) is 0 Å². The number of nitrogens with one attached hydrogen (secondary N) is 1. The third-order valence-electron chi connectivity index (χ3n) is 3.45. The fourth-order valence-corrected chi connectivity index (χ4v) is 2.45. The first-order valence-electron chi connectivity index (χ1n) is 6.66. The molecule has 0 amide bonds. The van der Waals surface area contributed by atoms with Crippen LogP contribution in [0.2, 0.25) is 0 Å². The monoisotopic (exact) mass is 266 g/mol. The molecular weight excluding hydrogens is 252 g/mol. The van der Waals surface area contributed by atoms with Gasteiger partial charge in [0.2, 0.25) is 0 Å². The van der Waals surface area contributed by atoms with Crippen LogP contribution in [-0.4, -0.2) is 23.2 Å². The molecule has 3 aromatic rings. The van der Waals surface area contributed by atoms with E-state index in [1.54, 1.807) is 0 Å². The summed E-state index contributed by atoms with van der Waals surface area (Å²) in [4.78, 5) is 7.97. The number of rotatable bonds is 1. The molecule has 20 heavy (non-hydrogen) atoms. The third kappa shape index (κ3) is 1.81. The highest BCUT2D eigenvalue weighted by Crippen LogP contribution is 2.34. The van der Waals surface area contributed by atoms with Crippen LogP contribution in [0.3, 0.4) is 0 Å². The van der Waals surface area contributed by atoms with E-state index in [2.05, 4.69) is 29.0 Å². The lowest BCUT2D eigenvalue weighted by Gasteiger charge is -2.18. The van der Waals surface area contributed by atoms with Crippen molar-refractivity contribution in [2.45, 2.75) is 6.92 Å². The van der Waals surface area contributed by atoms with Gasteiger partial charge in [0.15, 0.2) is 11.5 Å². The minimum atomic E-state index is 0.593. The number of imidazole rings is 1. The van der Waals surface area contributed by atoms with Crippen molar-refractivity contribution < 1.29 is 9.47 Å². The first-order chi connectivity index (χ1) is 9.79. The van der Waals surface area contributed by atoms with Crippen LogP contribution in [0.4, 0.5) is 0 Å². The van der Waals surface area contributed by atoms with E-state index in [4.69, 9.17) is 9.47 Å². The molecule has 0 spiro atoms. The van der Waals surface area contributed by atoms with Gasteiger partial charge in [-0.15, -0.1) is 0 Å². The average molecular weight is 266 g/mol. The Morgan fingerprint density at radius 2 is 1.85 bits per heavy atom. The Morgan fingerprint density at radius 1 is 1.00 bits per heavy atom. The summed E-state index contributed by atoms with van der Waals surface area (Å²) in [6.07, 6.45) is 0. The number of hydrogen-bond donors (Lipinski definition) is 1. The summed E-state index contributed by atoms with van der Waals surface area (Å²) < 4.78 is 11.1. The second kappa shape index (κ2) is 4.27. The molecule has 4 rings (SSSR count). The number of aromatic amines is 1. The van der Waals surface area contributed by atoms with Crippen molar-refractivity contribution >= 4 is 11.0 Å². The predicted molar refractivity (Wildman–Crippen MR) is 77.3 cm³/mol. The van der Waals surface area contributed by atoms with Crippen molar-refractivity contribution in [3.63, 3.8) is 0 Å². The maximum atomic E-state index is 5.61. The Balaban J connectivity index is 1.82. The third-order valence-corrected chi connectivity index (χ3v) is 3.45. The van der Waals surface area contributed by atoms with Gasteiger partial charge >= 0.3 is 0 Å². The van der Waals surface area contributed by atoms with Crippen molar-refractivity contribution in [2.75, 3.05) is 13.2 Å². The van der Waals surface area contributed by atoms with Crippen molar-refractivity contribution in [2.24, 2.45) is 0 Å². The minimum absolute atomic E-state index is 0.593. The van der Waals surface area contributed by atoms with Crippen molar-refractivity contribution in [1.29, 1.82) is 0 Å². The van der Waals surface area contributed by atoms with Gasteiger partial charge in [0.1, 0.15) is 19.0 Å². The zero-order chi connectivity index (χ0) is 13.5. The van der Waals surface area contributed by atoms with Crippen LogP contribution in [0.25, 0.3) is 22.4 Å². The number of H-pyrrole nitrogens is 1. The number of fused-ring (bicyclic) bond motifs is 2. The second-order valence-corrected chi connectivity index (χ2v) is 4.96. The fraction of sp³-hybridized carbons (Fsp3) is 0.188. The van der Waals surface area contributed by atoms with E-state index in [-0.39, 0.29) is 0 Å². The first kappa shape index (κ1) is 11.3. The summed E-state index contributed by atoms with van der Waals surface area (Å²) in [6.45, 7) is 3.27. The molecule has 2 aromatic carbocycles.